The van der Waals surface area contributed by atoms with Gasteiger partial charge in [-0.2, -0.15) is 0 Å². The van der Waals surface area contributed by atoms with Gasteiger partial charge in [-0.3, -0.25) is 67.1 Å². The summed E-state index contributed by atoms with van der Waals surface area (Å²) in [5.74, 6) is -14.1. The largest absolute Gasteiger partial charge is 0.481 e. The Hall–Kier alpha value is -11.0. The van der Waals surface area contributed by atoms with Crippen LogP contribution in [0.25, 0.3) is 0 Å². The Bertz CT molecular complexity index is 3420. The van der Waals surface area contributed by atoms with E-state index in [9.17, 15) is 67.1 Å². The second-order valence-corrected chi connectivity index (χ2v) is 26.7. The smallest absolute Gasteiger partial charge is 0.306 e. The summed E-state index contributed by atoms with van der Waals surface area (Å²) in [7, 11) is 1.61. The topological polar surface area (TPSA) is 492 Å². The lowest BCUT2D eigenvalue weighted by atomic mass is 10.2. The zero-order valence-electron chi connectivity index (χ0n) is 66.5. The van der Waals surface area contributed by atoms with Crippen molar-refractivity contribution in [2.75, 3.05) is 126 Å². The molecule has 0 spiro atoms. The molecule has 4 aromatic rings. The van der Waals surface area contributed by atoms with E-state index in [1.165, 1.54) is 0 Å². The third-order valence-corrected chi connectivity index (χ3v) is 16.8. The second kappa shape index (κ2) is 55.8. The van der Waals surface area contributed by atoms with Crippen LogP contribution in [0.1, 0.15) is 137 Å². The normalized spacial score (nSPS) is 19.4. The van der Waals surface area contributed by atoms with Crippen molar-refractivity contribution in [3.63, 3.8) is 0 Å². The van der Waals surface area contributed by atoms with Gasteiger partial charge in [-0.05, 0) is 0 Å². The fourth-order valence-electron chi connectivity index (χ4n) is 10.8. The third kappa shape index (κ3) is 40.8. The number of hydrogen-bond acceptors (Lipinski definition) is 38. The molecule has 0 aliphatic carbocycles. The zero-order chi connectivity index (χ0) is 86.8. The number of carboxylic acid groups (broad SMARTS) is 1. The maximum absolute atomic E-state index is 13.2. The van der Waals surface area contributed by atoms with E-state index in [2.05, 4.69) is 4.74 Å². The average molecular weight is 1710 g/mol. The maximum Gasteiger partial charge on any atom is 0.306 e. The summed E-state index contributed by atoms with van der Waals surface area (Å²) in [6.07, 6.45) is -18.7. The molecular weight excluding hydrogens is 1610 g/mol. The Balaban J connectivity index is 0.00000239. The van der Waals surface area contributed by atoms with Gasteiger partial charge in [0.15, 0.2) is 43.5 Å². The van der Waals surface area contributed by atoms with Crippen LogP contribution in [0.3, 0.4) is 0 Å². The fourth-order valence-corrected chi connectivity index (χ4v) is 10.8. The fraction of sp³-hybridized carbons (Fsp3) is 0.537. The van der Waals surface area contributed by atoms with Crippen molar-refractivity contribution in [2.24, 2.45) is 0 Å². The van der Waals surface area contributed by atoms with Gasteiger partial charge in [-0.15, -0.1) is 0 Å². The SMILES string of the molecule is COCCOCCO.O=C(O)CCC(=O)OC(COC(=O)CCC(=O)OC(COC(=O)CCC(=O)OC1COC(c2ccccc2)OC1)COC(=O)CCC(=O)OC1COC(c2ccccc2)OC1)COC(=O)CCC(=O)OC(COC(=O)CCC(=O)OC1COC(c2ccccc2)OC1)COC(=O)CCC(=O)OC1COC(c2ccccc2)OC1. The van der Waals surface area contributed by atoms with Crippen LogP contribution in [0, 0.1) is 0 Å². The summed E-state index contributed by atoms with van der Waals surface area (Å²) in [5, 5.41) is 17.4. The average Bonchev–Trinajstić information content (AvgIpc) is 0.872. The van der Waals surface area contributed by atoms with Crippen molar-refractivity contribution in [3.8, 4) is 0 Å². The summed E-state index contributed by atoms with van der Waals surface area (Å²) in [5.41, 5.74) is 3.03. The first kappa shape index (κ1) is 97.1. The number of carboxylic acids is 1. The van der Waals surface area contributed by atoms with Crippen LogP contribution in [-0.4, -0.2) is 263 Å². The van der Waals surface area contributed by atoms with Crippen molar-refractivity contribution in [3.05, 3.63) is 144 Å². The molecule has 4 fully saturated rings. The molecule has 121 heavy (non-hydrogen) atoms. The lowest BCUT2D eigenvalue weighted by Crippen LogP contribution is -2.35. The minimum atomic E-state index is -1.62. The van der Waals surface area contributed by atoms with E-state index in [0.29, 0.717) is 19.8 Å². The quantitative estimate of drug-likeness (QED) is 0.0340. The number of carbonyl (C=O) groups excluding carboxylic acids is 13. The molecule has 0 unspecified atom stereocenters. The first-order valence-electron chi connectivity index (χ1n) is 38.9. The first-order valence-corrected chi connectivity index (χ1v) is 38.9. The summed E-state index contributed by atoms with van der Waals surface area (Å²) in [4.78, 5) is 179. The highest BCUT2D eigenvalue weighted by molar-refractivity contribution is 5.82. The molecule has 4 aromatic carbocycles. The standard InChI is InChI=1S/C77H88O36.C5H12O3/c78-60(79)21-22-67(86)107-53(35-93-61(80)23-29-68(87)108-54(37-95-63(82)25-31-70(89)110-56-41-99-74(100-42-56)49-13-5-1-6-14-49)38-96-64(83)26-32-71(90)111-57-43-101-75(102-44-57)50-15-7-2-8-16-50)36-94-62(81)24-30-69(88)109-55(39-97-65(84)27-33-72(91)112-58-45-103-76(104-46-58)51-17-9-3-10-18-51)40-98-66(85)28-34-73(92)113-59-47-105-77(106-48-59)52-19-11-4-12-20-52;1-7-4-5-8-3-2-6/h1-20,53-59,74-77H,21-48H2,(H,78,79);6H,2-5H2,1H3. The van der Waals surface area contributed by atoms with E-state index >= 15 is 0 Å². The van der Waals surface area contributed by atoms with Crippen LogP contribution in [-0.2, 0) is 176 Å². The molecule has 39 heteroatoms. The highest BCUT2D eigenvalue weighted by atomic mass is 16.7. The van der Waals surface area contributed by atoms with Gasteiger partial charge in [0.2, 0.25) is 0 Å². The van der Waals surface area contributed by atoms with Gasteiger partial charge < -0.3 is 119 Å². The van der Waals surface area contributed by atoms with E-state index in [0.717, 1.165) is 22.3 Å². The summed E-state index contributed by atoms with van der Waals surface area (Å²) >= 11 is 0. The van der Waals surface area contributed by atoms with Crippen LogP contribution in [0.5, 0.6) is 0 Å². The molecule has 662 valence electrons. The molecule has 0 amide bonds. The van der Waals surface area contributed by atoms with Crippen molar-refractivity contribution < 1.29 is 186 Å². The number of methoxy groups -OCH3 is 1. The monoisotopic (exact) mass is 1710 g/mol. The number of carbonyl (C=O) groups is 14. The Morgan fingerprint density at radius 3 is 0.702 bits per heavy atom. The number of benzene rings is 4. The highest BCUT2D eigenvalue weighted by Gasteiger charge is 2.33. The van der Waals surface area contributed by atoms with E-state index in [-0.39, 0.29) is 59.5 Å². The third-order valence-electron chi connectivity index (χ3n) is 16.8. The van der Waals surface area contributed by atoms with Gasteiger partial charge in [0.1, 0.15) is 64.1 Å². The van der Waals surface area contributed by atoms with Crippen molar-refractivity contribution in [1.29, 1.82) is 0 Å². The van der Waals surface area contributed by atoms with E-state index in [1.54, 1.807) is 104 Å². The van der Waals surface area contributed by atoms with Gasteiger partial charge in [0.25, 0.3) is 0 Å². The molecule has 4 heterocycles. The van der Waals surface area contributed by atoms with Crippen molar-refractivity contribution in [2.45, 2.75) is 158 Å². The first-order chi connectivity index (χ1) is 58.5. The van der Waals surface area contributed by atoms with Crippen LogP contribution >= 0.6 is 0 Å². The van der Waals surface area contributed by atoms with E-state index in [4.69, 9.17) is 114 Å². The molecule has 0 radical (unpaired) electrons. The Morgan fingerprint density at radius 2 is 0.496 bits per heavy atom. The number of ether oxygens (including phenoxy) is 23. The molecule has 4 saturated heterocycles. The van der Waals surface area contributed by atoms with Crippen molar-refractivity contribution in [1.82, 2.24) is 0 Å². The number of hydrogen-bond donors (Lipinski definition) is 2. The molecule has 2 N–H and O–H groups in total. The number of aliphatic carboxylic acids is 1. The van der Waals surface area contributed by atoms with Gasteiger partial charge in [-0.25, -0.2) is 0 Å². The minimum absolute atomic E-state index is 0.00631. The molecular formula is C82H100O39. The van der Waals surface area contributed by atoms with Gasteiger partial charge in [0.05, 0.1) is 169 Å². The number of aliphatic hydroxyl groups is 1. The molecule has 39 nitrogen and oxygen atoms in total. The highest BCUT2D eigenvalue weighted by Crippen LogP contribution is 2.28. The summed E-state index contributed by atoms with van der Waals surface area (Å²) in [6, 6.07) is 36.2. The predicted molar refractivity (Wildman–Crippen MR) is 401 cm³/mol. The number of aliphatic hydroxyl groups excluding tert-OH is 1. The minimum Gasteiger partial charge on any atom is -0.481 e. The van der Waals surface area contributed by atoms with Crippen LogP contribution in [0.4, 0.5) is 0 Å². The molecule has 0 saturated carbocycles. The molecule has 0 aromatic heterocycles. The molecule has 0 atom stereocenters. The van der Waals surface area contributed by atoms with Crippen LogP contribution < -0.4 is 0 Å². The molecule has 8 rings (SSSR count). The lowest BCUT2D eigenvalue weighted by Gasteiger charge is -2.29. The zero-order valence-corrected chi connectivity index (χ0v) is 66.5. The Morgan fingerprint density at radius 1 is 0.289 bits per heavy atom. The van der Waals surface area contributed by atoms with Crippen LogP contribution in [0.15, 0.2) is 121 Å². The predicted octanol–water partition coefficient (Wildman–Crippen LogP) is 4.80. The Kier molecular flexibility index (Phi) is 44.8. The molecule has 4 aliphatic heterocycles. The summed E-state index contributed by atoms with van der Waals surface area (Å²) in [6.45, 7) is -2.99. The van der Waals surface area contributed by atoms with Gasteiger partial charge in [0, 0.05) is 29.4 Å². The van der Waals surface area contributed by atoms with E-state index in [1.807, 2.05) is 24.3 Å². The van der Waals surface area contributed by atoms with Crippen molar-refractivity contribution >= 4 is 83.6 Å². The number of rotatable bonds is 49. The van der Waals surface area contributed by atoms with Crippen LogP contribution in [0.2, 0.25) is 0 Å². The Labute approximate surface area is 694 Å². The van der Waals surface area contributed by atoms with E-state index < -0.39 is 281 Å². The van der Waals surface area contributed by atoms with Gasteiger partial charge >= 0.3 is 83.6 Å². The van der Waals surface area contributed by atoms with Gasteiger partial charge in [-0.1, -0.05) is 121 Å². The summed E-state index contributed by atoms with van der Waals surface area (Å²) < 4.78 is 124. The second-order valence-electron chi connectivity index (χ2n) is 26.7. The molecule has 0 bridgehead atoms. The number of esters is 13. The lowest BCUT2D eigenvalue weighted by molar-refractivity contribution is -0.229. The molecule has 4 aliphatic rings. The maximum atomic E-state index is 13.2.